The summed E-state index contributed by atoms with van der Waals surface area (Å²) in [6.07, 6.45) is 6.75. The molecule has 5 heteroatoms. The Kier molecular flexibility index (Phi) is 5.21. The van der Waals surface area contributed by atoms with Crippen LogP contribution < -0.4 is 0 Å². The van der Waals surface area contributed by atoms with E-state index in [0.29, 0.717) is 6.42 Å². The molecule has 25 heavy (non-hydrogen) atoms. The van der Waals surface area contributed by atoms with Crippen LogP contribution in [0.2, 0.25) is 0 Å². The van der Waals surface area contributed by atoms with Crippen LogP contribution in [0, 0.1) is 0 Å². The Morgan fingerprint density at radius 2 is 2.00 bits per heavy atom. The largest absolute Gasteiger partial charge is 0.341 e. The van der Waals surface area contributed by atoms with E-state index in [4.69, 9.17) is 0 Å². The summed E-state index contributed by atoms with van der Waals surface area (Å²) >= 11 is 0. The van der Waals surface area contributed by atoms with Gasteiger partial charge in [-0.15, -0.1) is 0 Å². The number of benzene rings is 1. The summed E-state index contributed by atoms with van der Waals surface area (Å²) in [5.41, 5.74) is 2.72. The number of nitrogens with zero attached hydrogens (tertiary/aromatic N) is 4. The smallest absolute Gasteiger partial charge is 0.222 e. The minimum atomic E-state index is 0.165. The summed E-state index contributed by atoms with van der Waals surface area (Å²) in [6.45, 7) is 8.24. The summed E-state index contributed by atoms with van der Waals surface area (Å²) in [5, 5.41) is 4.22. The molecule has 0 aliphatic carbocycles. The van der Waals surface area contributed by atoms with Crippen LogP contribution in [-0.4, -0.2) is 38.7 Å². The van der Waals surface area contributed by atoms with Crippen molar-refractivity contribution in [2.75, 3.05) is 13.1 Å². The van der Waals surface area contributed by atoms with Crippen molar-refractivity contribution < 1.29 is 4.79 Å². The van der Waals surface area contributed by atoms with Crippen molar-refractivity contribution in [2.45, 2.75) is 57.9 Å². The Morgan fingerprint density at radius 1 is 1.24 bits per heavy atom. The zero-order chi connectivity index (χ0) is 17.9. The lowest BCUT2D eigenvalue weighted by Gasteiger charge is -2.32. The predicted molar refractivity (Wildman–Crippen MR) is 98.3 cm³/mol. The van der Waals surface area contributed by atoms with Gasteiger partial charge in [-0.3, -0.25) is 4.79 Å². The van der Waals surface area contributed by atoms with Crippen molar-refractivity contribution in [1.82, 2.24) is 19.7 Å². The van der Waals surface area contributed by atoms with Gasteiger partial charge in [0.25, 0.3) is 0 Å². The summed E-state index contributed by atoms with van der Waals surface area (Å²) in [6, 6.07) is 8.93. The molecule has 3 rings (SSSR count). The van der Waals surface area contributed by atoms with Crippen molar-refractivity contribution in [3.05, 3.63) is 48.0 Å². The van der Waals surface area contributed by atoms with Crippen LogP contribution in [0.5, 0.6) is 0 Å². The first-order valence-corrected chi connectivity index (χ1v) is 9.15. The lowest BCUT2D eigenvalue weighted by atomic mass is 9.86. The highest BCUT2D eigenvalue weighted by atomic mass is 16.2. The molecule has 1 fully saturated rings. The summed E-state index contributed by atoms with van der Waals surface area (Å²) in [4.78, 5) is 18.6. The normalized spacial score (nSPS) is 18.4. The van der Waals surface area contributed by atoms with Crippen LogP contribution in [0.1, 0.15) is 57.2 Å². The SMILES string of the molecule is CC(C)(C)c1ccc(CCC(=O)N2CCC[C@H](n3cncn3)C2)cc1. The maximum Gasteiger partial charge on any atom is 0.222 e. The molecule has 5 nitrogen and oxygen atoms in total. The van der Waals surface area contributed by atoms with Crippen LogP contribution in [0.25, 0.3) is 0 Å². The predicted octanol–water partition coefficient (Wildman–Crippen LogP) is 3.37. The van der Waals surface area contributed by atoms with Crippen molar-refractivity contribution in [3.8, 4) is 0 Å². The number of carbonyl (C=O) groups excluding carboxylic acids is 1. The molecule has 2 aromatic rings. The molecule has 1 aromatic heterocycles. The minimum absolute atomic E-state index is 0.165. The maximum atomic E-state index is 12.6. The van der Waals surface area contributed by atoms with Crippen LogP contribution in [-0.2, 0) is 16.6 Å². The molecule has 0 spiro atoms. The summed E-state index contributed by atoms with van der Waals surface area (Å²) in [5.74, 6) is 0.240. The summed E-state index contributed by atoms with van der Waals surface area (Å²) in [7, 11) is 0. The van der Waals surface area contributed by atoms with E-state index in [0.717, 1.165) is 32.4 Å². The van der Waals surface area contributed by atoms with Crippen LogP contribution in [0.4, 0.5) is 0 Å². The zero-order valence-electron chi connectivity index (χ0n) is 15.5. The molecule has 1 amide bonds. The van der Waals surface area contributed by atoms with Gasteiger partial charge in [0.1, 0.15) is 12.7 Å². The van der Waals surface area contributed by atoms with Crippen LogP contribution >= 0.6 is 0 Å². The Morgan fingerprint density at radius 3 is 2.64 bits per heavy atom. The monoisotopic (exact) mass is 340 g/mol. The Hall–Kier alpha value is -2.17. The third-order valence-electron chi connectivity index (χ3n) is 5.01. The maximum absolute atomic E-state index is 12.6. The Labute approximate surface area is 150 Å². The average molecular weight is 340 g/mol. The number of aryl methyl sites for hydroxylation is 1. The first-order chi connectivity index (χ1) is 11.9. The molecule has 0 bridgehead atoms. The van der Waals surface area contributed by atoms with Gasteiger partial charge in [-0.25, -0.2) is 9.67 Å². The molecular formula is C20H28N4O. The highest BCUT2D eigenvalue weighted by Gasteiger charge is 2.24. The molecule has 0 saturated carbocycles. The topological polar surface area (TPSA) is 51.0 Å². The number of carbonyl (C=O) groups is 1. The zero-order valence-corrected chi connectivity index (χ0v) is 15.5. The molecule has 134 valence electrons. The number of amides is 1. The van der Waals surface area contributed by atoms with Crippen LogP contribution in [0.3, 0.4) is 0 Å². The number of hydrogen-bond donors (Lipinski definition) is 0. The van der Waals surface area contributed by atoms with Crippen LogP contribution in [0.15, 0.2) is 36.9 Å². The van der Waals surface area contributed by atoms with E-state index < -0.39 is 0 Å². The molecular weight excluding hydrogens is 312 g/mol. The number of aromatic nitrogens is 3. The van der Waals surface area contributed by atoms with Gasteiger partial charge in [0.05, 0.1) is 6.04 Å². The molecule has 0 N–H and O–H groups in total. The van der Waals surface area contributed by atoms with Crippen molar-refractivity contribution in [2.24, 2.45) is 0 Å². The van der Waals surface area contributed by atoms with Gasteiger partial charge in [-0.2, -0.15) is 5.10 Å². The standard InChI is InChI=1S/C20H28N4O/c1-20(2,3)17-9-6-16(7-10-17)8-11-19(25)23-12-4-5-18(13-23)24-15-21-14-22-24/h6-7,9-10,14-15,18H,4-5,8,11-13H2,1-3H3/t18-/m0/s1. The molecule has 0 unspecified atom stereocenters. The second kappa shape index (κ2) is 7.38. The second-order valence-electron chi connectivity index (χ2n) is 7.96. The summed E-state index contributed by atoms with van der Waals surface area (Å²) < 4.78 is 1.88. The molecule has 1 aliphatic rings. The van der Waals surface area contributed by atoms with E-state index in [2.05, 4.69) is 55.1 Å². The van der Waals surface area contributed by atoms with Crippen molar-refractivity contribution in [3.63, 3.8) is 0 Å². The third kappa shape index (κ3) is 4.47. The van der Waals surface area contributed by atoms with Gasteiger partial charge in [-0.05, 0) is 35.8 Å². The molecule has 1 atom stereocenters. The van der Waals surface area contributed by atoms with E-state index in [-0.39, 0.29) is 17.4 Å². The highest BCUT2D eigenvalue weighted by molar-refractivity contribution is 5.76. The Bertz CT molecular complexity index is 685. The number of hydrogen-bond acceptors (Lipinski definition) is 3. The average Bonchev–Trinajstić information content (AvgIpc) is 3.14. The van der Waals surface area contributed by atoms with E-state index in [1.165, 1.54) is 11.1 Å². The molecule has 1 saturated heterocycles. The van der Waals surface area contributed by atoms with E-state index in [9.17, 15) is 4.79 Å². The fourth-order valence-electron chi connectivity index (χ4n) is 3.38. The van der Waals surface area contributed by atoms with Gasteiger partial charge in [0.2, 0.25) is 5.91 Å². The van der Waals surface area contributed by atoms with Gasteiger partial charge in [0, 0.05) is 19.5 Å². The molecule has 1 aliphatic heterocycles. The van der Waals surface area contributed by atoms with E-state index in [1.54, 1.807) is 12.7 Å². The molecule has 1 aromatic carbocycles. The van der Waals surface area contributed by atoms with E-state index >= 15 is 0 Å². The molecule has 2 heterocycles. The lowest BCUT2D eigenvalue weighted by Crippen LogP contribution is -2.40. The fourth-order valence-corrected chi connectivity index (χ4v) is 3.38. The number of rotatable bonds is 4. The first kappa shape index (κ1) is 17.6. The molecule has 0 radical (unpaired) electrons. The van der Waals surface area contributed by atoms with Gasteiger partial charge in [-0.1, -0.05) is 45.0 Å². The minimum Gasteiger partial charge on any atom is -0.341 e. The van der Waals surface area contributed by atoms with E-state index in [1.807, 2.05) is 9.58 Å². The lowest BCUT2D eigenvalue weighted by molar-refractivity contribution is -0.132. The fraction of sp³-hybridized carbons (Fsp3) is 0.550. The second-order valence-corrected chi connectivity index (χ2v) is 7.96. The highest BCUT2D eigenvalue weighted by Crippen LogP contribution is 2.23. The first-order valence-electron chi connectivity index (χ1n) is 9.15. The van der Waals surface area contributed by atoms with Gasteiger partial charge in [0.15, 0.2) is 0 Å². The van der Waals surface area contributed by atoms with Crippen molar-refractivity contribution in [1.29, 1.82) is 0 Å². The van der Waals surface area contributed by atoms with Gasteiger partial charge >= 0.3 is 0 Å². The number of piperidine rings is 1. The Balaban J connectivity index is 1.53. The third-order valence-corrected chi connectivity index (χ3v) is 5.01. The van der Waals surface area contributed by atoms with Crippen molar-refractivity contribution >= 4 is 5.91 Å². The quantitative estimate of drug-likeness (QED) is 0.857. The van der Waals surface area contributed by atoms with Gasteiger partial charge < -0.3 is 4.90 Å². The number of likely N-dealkylation sites (tertiary alicyclic amines) is 1.